The monoisotopic (exact) mass is 609 g/mol. The average Bonchev–Trinajstić information content (AvgIpc) is 3.08. The number of benzene rings is 3. The molecule has 0 saturated carbocycles. The first kappa shape index (κ1) is 31.9. The van der Waals surface area contributed by atoms with E-state index in [-0.39, 0.29) is 25.0 Å². The third-order valence-electron chi connectivity index (χ3n) is 6.83. The van der Waals surface area contributed by atoms with E-state index in [0.717, 1.165) is 27.3 Å². The highest BCUT2D eigenvalue weighted by atomic mass is 32.2. The second-order valence-electron chi connectivity index (χ2n) is 10.1. The lowest BCUT2D eigenvalue weighted by molar-refractivity contribution is -0.122. The Hall–Kier alpha value is -5.01. The molecule has 0 saturated heterocycles. The lowest BCUT2D eigenvalue weighted by Crippen LogP contribution is -2.36. The summed E-state index contributed by atoms with van der Waals surface area (Å²) in [6.45, 7) is 3.09. The first-order valence-electron chi connectivity index (χ1n) is 14.2. The first-order chi connectivity index (χ1) is 21.4. The van der Waals surface area contributed by atoms with Crippen molar-refractivity contribution in [2.45, 2.75) is 30.8 Å². The molecule has 1 heterocycles. The molecule has 226 valence electrons. The first-order valence-corrected chi connectivity index (χ1v) is 15.0. The molecule has 0 aliphatic carbocycles. The maximum Gasteiger partial charge on any atom is 0.410 e. The number of nitrogens with zero attached hydrogens (tertiary/aromatic N) is 3. The zero-order chi connectivity index (χ0) is 31.1. The van der Waals surface area contributed by atoms with E-state index in [9.17, 15) is 9.59 Å². The largest absolute Gasteiger partial charge is 0.484 e. The van der Waals surface area contributed by atoms with Gasteiger partial charge in [-0.1, -0.05) is 37.3 Å². The van der Waals surface area contributed by atoms with Gasteiger partial charge >= 0.3 is 6.09 Å². The van der Waals surface area contributed by atoms with Crippen molar-refractivity contribution in [1.82, 2.24) is 15.2 Å². The van der Waals surface area contributed by atoms with Gasteiger partial charge in [0.2, 0.25) is 0 Å². The molecule has 0 spiro atoms. The molecule has 10 heteroatoms. The molecule has 4 rings (SSSR count). The fourth-order valence-electron chi connectivity index (χ4n) is 4.22. The van der Waals surface area contributed by atoms with Gasteiger partial charge in [-0.2, -0.15) is 5.26 Å². The van der Waals surface area contributed by atoms with Crippen molar-refractivity contribution in [3.05, 3.63) is 120 Å². The predicted octanol–water partition coefficient (Wildman–Crippen LogP) is 6.18. The molecular weight excluding hydrogens is 574 g/mol. The average molecular weight is 610 g/mol. The summed E-state index contributed by atoms with van der Waals surface area (Å²) in [5.41, 5.74) is 4.54. The molecule has 0 bridgehead atoms. The van der Waals surface area contributed by atoms with E-state index in [1.807, 2.05) is 66.9 Å². The van der Waals surface area contributed by atoms with Crippen LogP contribution in [0, 0.1) is 11.3 Å². The molecule has 2 amide bonds. The van der Waals surface area contributed by atoms with Crippen LogP contribution < -0.4 is 14.8 Å². The number of aromatic nitrogens is 1. The standard InChI is InChI=1S/C34H35N5O4S/c1-25(29-4-3-18-37-21-29)22-39(34(41)43-23-28-7-13-31(14-8-28)42-24-33(40)36-2)19-17-26-5-11-30(12-6-26)38-44-32-15-9-27(20-35)10-16-32/h3-16,18,21,25,38H,17,19,22-24H2,1-2H3,(H,36,40)/t25-/m0/s1. The number of ether oxygens (including phenoxy) is 2. The SMILES string of the molecule is CNC(=O)COc1ccc(COC(=O)N(CCc2ccc(NSc3ccc(C#N)cc3)cc2)C[C@H](C)c2cccnc2)cc1. The maximum atomic E-state index is 13.3. The Kier molecular flexibility index (Phi) is 12.0. The van der Waals surface area contributed by atoms with Gasteiger partial charge in [-0.05, 0) is 89.7 Å². The summed E-state index contributed by atoms with van der Waals surface area (Å²) in [5.74, 6) is 0.415. The van der Waals surface area contributed by atoms with Gasteiger partial charge in [0.1, 0.15) is 12.4 Å². The molecule has 0 radical (unpaired) electrons. The van der Waals surface area contributed by atoms with Crippen LogP contribution in [0.1, 0.15) is 35.1 Å². The van der Waals surface area contributed by atoms with Crippen LogP contribution in [0.25, 0.3) is 0 Å². The van der Waals surface area contributed by atoms with E-state index in [0.29, 0.717) is 30.8 Å². The molecule has 3 aromatic carbocycles. The Bertz CT molecular complexity index is 1530. The fourth-order valence-corrected chi connectivity index (χ4v) is 4.86. The van der Waals surface area contributed by atoms with E-state index < -0.39 is 6.09 Å². The van der Waals surface area contributed by atoms with E-state index >= 15 is 0 Å². The number of anilines is 1. The quantitative estimate of drug-likeness (QED) is 0.163. The van der Waals surface area contributed by atoms with Crippen LogP contribution in [0.2, 0.25) is 0 Å². The van der Waals surface area contributed by atoms with Crippen LogP contribution in [0.15, 0.2) is 102 Å². The Morgan fingerprint density at radius 2 is 1.73 bits per heavy atom. The summed E-state index contributed by atoms with van der Waals surface area (Å²) in [5, 5.41) is 11.5. The van der Waals surface area contributed by atoms with Crippen molar-refractivity contribution in [2.24, 2.45) is 0 Å². The number of rotatable bonds is 14. The molecule has 2 N–H and O–H groups in total. The normalized spacial score (nSPS) is 11.1. The van der Waals surface area contributed by atoms with Gasteiger partial charge in [0.15, 0.2) is 6.61 Å². The molecule has 9 nitrogen and oxygen atoms in total. The highest BCUT2D eigenvalue weighted by Crippen LogP contribution is 2.23. The molecule has 0 fully saturated rings. The Balaban J connectivity index is 1.33. The third kappa shape index (κ3) is 10.1. The summed E-state index contributed by atoms with van der Waals surface area (Å²) in [7, 11) is 1.55. The molecule has 0 aliphatic heterocycles. The Morgan fingerprint density at radius 3 is 2.39 bits per heavy atom. The number of likely N-dealkylation sites (N-methyl/N-ethyl adjacent to an activating group) is 1. The smallest absolute Gasteiger partial charge is 0.410 e. The zero-order valence-corrected chi connectivity index (χ0v) is 25.5. The Labute approximate surface area is 262 Å². The third-order valence-corrected chi connectivity index (χ3v) is 7.68. The minimum atomic E-state index is -0.391. The van der Waals surface area contributed by atoms with Gasteiger partial charge in [-0.3, -0.25) is 9.78 Å². The number of nitriles is 1. The number of amides is 2. The van der Waals surface area contributed by atoms with Gasteiger partial charge in [-0.25, -0.2) is 4.79 Å². The number of hydrogen-bond acceptors (Lipinski definition) is 8. The summed E-state index contributed by atoms with van der Waals surface area (Å²) < 4.78 is 14.5. The minimum Gasteiger partial charge on any atom is -0.484 e. The molecule has 0 aliphatic rings. The molecule has 0 unspecified atom stereocenters. The summed E-state index contributed by atoms with van der Waals surface area (Å²) >= 11 is 1.48. The van der Waals surface area contributed by atoms with Crippen molar-refractivity contribution in [1.29, 1.82) is 5.26 Å². The number of nitrogens with one attached hydrogen (secondary N) is 2. The second kappa shape index (κ2) is 16.6. The Morgan fingerprint density at radius 1 is 1.00 bits per heavy atom. The number of carbonyl (C=O) groups excluding carboxylic acids is 2. The molecule has 1 aromatic heterocycles. The van der Waals surface area contributed by atoms with Crippen molar-refractivity contribution >= 4 is 29.6 Å². The van der Waals surface area contributed by atoms with Gasteiger partial charge in [0.25, 0.3) is 5.91 Å². The zero-order valence-electron chi connectivity index (χ0n) is 24.7. The van der Waals surface area contributed by atoms with Gasteiger partial charge < -0.3 is 24.4 Å². The second-order valence-corrected chi connectivity index (χ2v) is 11.0. The van der Waals surface area contributed by atoms with Crippen LogP contribution in [0.4, 0.5) is 10.5 Å². The van der Waals surface area contributed by atoms with E-state index in [4.69, 9.17) is 14.7 Å². The maximum absolute atomic E-state index is 13.3. The topological polar surface area (TPSA) is 117 Å². The van der Waals surface area contributed by atoms with Gasteiger partial charge in [0, 0.05) is 49.0 Å². The molecule has 4 aromatic rings. The molecule has 44 heavy (non-hydrogen) atoms. The molecule has 1 atom stereocenters. The fraction of sp³-hybridized carbons (Fsp3) is 0.235. The number of hydrogen-bond donors (Lipinski definition) is 2. The van der Waals surface area contributed by atoms with Crippen LogP contribution in [0.5, 0.6) is 5.75 Å². The van der Waals surface area contributed by atoms with Crippen LogP contribution in [-0.4, -0.2) is 48.6 Å². The van der Waals surface area contributed by atoms with Gasteiger partial charge in [0.05, 0.1) is 11.6 Å². The predicted molar refractivity (Wildman–Crippen MR) is 171 cm³/mol. The highest BCUT2D eigenvalue weighted by Gasteiger charge is 2.19. The van der Waals surface area contributed by atoms with Crippen LogP contribution >= 0.6 is 11.9 Å². The van der Waals surface area contributed by atoms with E-state index in [1.165, 1.54) is 11.9 Å². The van der Waals surface area contributed by atoms with E-state index in [2.05, 4.69) is 28.0 Å². The van der Waals surface area contributed by atoms with Crippen molar-refractivity contribution in [3.8, 4) is 11.8 Å². The number of pyridine rings is 1. The van der Waals surface area contributed by atoms with Crippen molar-refractivity contribution in [2.75, 3.05) is 31.5 Å². The van der Waals surface area contributed by atoms with E-state index in [1.54, 1.807) is 42.4 Å². The summed E-state index contributed by atoms with van der Waals surface area (Å²) in [6, 6.07) is 28.6. The summed E-state index contributed by atoms with van der Waals surface area (Å²) in [6.07, 6.45) is 3.83. The van der Waals surface area contributed by atoms with Crippen LogP contribution in [-0.2, 0) is 22.6 Å². The lowest BCUT2D eigenvalue weighted by Gasteiger charge is -2.25. The van der Waals surface area contributed by atoms with Crippen molar-refractivity contribution in [3.63, 3.8) is 0 Å². The lowest BCUT2D eigenvalue weighted by atomic mass is 10.0. The molecular formula is C34H35N5O4S. The van der Waals surface area contributed by atoms with Crippen molar-refractivity contribution < 1.29 is 19.1 Å². The van der Waals surface area contributed by atoms with Crippen LogP contribution in [0.3, 0.4) is 0 Å². The summed E-state index contributed by atoms with van der Waals surface area (Å²) in [4.78, 5) is 31.7. The number of carbonyl (C=O) groups is 2. The highest BCUT2D eigenvalue weighted by molar-refractivity contribution is 8.00. The minimum absolute atomic E-state index is 0.0638. The van der Waals surface area contributed by atoms with Gasteiger partial charge in [-0.15, -0.1) is 0 Å².